The molecule has 1 aromatic rings. The lowest BCUT2D eigenvalue weighted by Gasteiger charge is -2.31. The summed E-state index contributed by atoms with van der Waals surface area (Å²) in [5, 5.41) is 2.54. The molecule has 138 valence electrons. The van der Waals surface area contributed by atoms with Crippen molar-refractivity contribution >= 4 is 28.0 Å². The molecule has 2 aliphatic rings. The lowest BCUT2D eigenvalue weighted by molar-refractivity contribution is 0.154. The van der Waals surface area contributed by atoms with Crippen molar-refractivity contribution in [1.82, 2.24) is 5.32 Å². The van der Waals surface area contributed by atoms with Gasteiger partial charge in [0, 0.05) is 16.5 Å². The molecule has 3 rings (SSSR count). The Morgan fingerprint density at radius 3 is 2.84 bits per heavy atom. The Bertz CT molecular complexity index is 663. The van der Waals surface area contributed by atoms with Crippen molar-refractivity contribution < 1.29 is 19.0 Å². The quantitative estimate of drug-likeness (QED) is 0.800. The van der Waals surface area contributed by atoms with Crippen molar-refractivity contribution in [3.8, 4) is 5.75 Å². The Balaban J connectivity index is 0.00000109. The molecule has 1 atom stereocenters. The van der Waals surface area contributed by atoms with Crippen LogP contribution in [0.1, 0.15) is 38.3 Å². The van der Waals surface area contributed by atoms with Crippen LogP contribution in [0.4, 0.5) is 4.79 Å². The van der Waals surface area contributed by atoms with Gasteiger partial charge in [0.1, 0.15) is 17.9 Å². The molecular formula is C18H25BrN2O4. The molecule has 0 saturated heterocycles. The first-order valence-electron chi connectivity index (χ1n) is 8.57. The van der Waals surface area contributed by atoms with E-state index in [4.69, 9.17) is 14.2 Å². The zero-order chi connectivity index (χ0) is 18.4. The Morgan fingerprint density at radius 1 is 1.40 bits per heavy atom. The van der Waals surface area contributed by atoms with E-state index < -0.39 is 6.09 Å². The molecule has 1 aliphatic heterocycles. The van der Waals surface area contributed by atoms with Crippen molar-refractivity contribution in [2.45, 2.75) is 45.6 Å². The van der Waals surface area contributed by atoms with E-state index in [0.29, 0.717) is 13.2 Å². The van der Waals surface area contributed by atoms with Gasteiger partial charge in [-0.1, -0.05) is 29.8 Å². The average molecular weight is 413 g/mol. The highest BCUT2D eigenvalue weighted by Crippen LogP contribution is 2.41. The van der Waals surface area contributed by atoms with Gasteiger partial charge in [0.2, 0.25) is 0 Å². The zero-order valence-electron chi connectivity index (χ0n) is 15.1. The number of halogens is 1. The number of hydrogen-bond acceptors (Lipinski definition) is 5. The number of carbonyl (C=O) groups is 1. The molecule has 0 fully saturated rings. The van der Waals surface area contributed by atoms with Gasteiger partial charge in [-0.25, -0.2) is 15.1 Å². The Hall–Kier alpha value is -1.76. The van der Waals surface area contributed by atoms with Gasteiger partial charge in [-0.2, -0.15) is 0 Å². The van der Waals surface area contributed by atoms with Crippen LogP contribution in [0.5, 0.6) is 5.75 Å². The van der Waals surface area contributed by atoms with Crippen molar-refractivity contribution in [3.63, 3.8) is 0 Å². The molecule has 25 heavy (non-hydrogen) atoms. The molecular weight excluding hydrogens is 388 g/mol. The molecule has 1 unspecified atom stereocenters. The summed E-state index contributed by atoms with van der Waals surface area (Å²) in [5.74, 6) is 0.865. The number of benzene rings is 1. The molecule has 0 bridgehead atoms. The van der Waals surface area contributed by atoms with Crippen LogP contribution in [-0.4, -0.2) is 38.0 Å². The highest BCUT2D eigenvalue weighted by atomic mass is 79.9. The van der Waals surface area contributed by atoms with Gasteiger partial charge in [-0.3, -0.25) is 0 Å². The van der Waals surface area contributed by atoms with Crippen LogP contribution in [-0.2, 0) is 22.3 Å². The normalized spacial score (nSPS) is 20.6. The zero-order valence-corrected chi connectivity index (χ0v) is 16.7. The lowest BCUT2D eigenvalue weighted by Crippen LogP contribution is -2.36. The fourth-order valence-corrected chi connectivity index (χ4v) is 3.66. The van der Waals surface area contributed by atoms with Crippen LogP contribution in [0.3, 0.4) is 0 Å². The number of amidine groups is 1. The second-order valence-electron chi connectivity index (χ2n) is 5.66. The maximum atomic E-state index is 11.5. The van der Waals surface area contributed by atoms with E-state index in [1.54, 1.807) is 14.0 Å². The highest BCUT2D eigenvalue weighted by Gasteiger charge is 2.41. The monoisotopic (exact) mass is 412 g/mol. The SMILES string of the molecule is CC.CCOC(=O)NC1=NC2(CCc3c(Br)ccc(OC)c3C2)CO1. The van der Waals surface area contributed by atoms with E-state index >= 15 is 0 Å². The number of fused-ring (bicyclic) bond motifs is 1. The number of ether oxygens (including phenoxy) is 3. The van der Waals surface area contributed by atoms with E-state index in [9.17, 15) is 4.79 Å². The van der Waals surface area contributed by atoms with E-state index in [-0.39, 0.29) is 11.6 Å². The summed E-state index contributed by atoms with van der Waals surface area (Å²) >= 11 is 3.61. The third kappa shape index (κ3) is 4.26. The summed E-state index contributed by atoms with van der Waals surface area (Å²) < 4.78 is 17.0. The summed E-state index contributed by atoms with van der Waals surface area (Å²) in [4.78, 5) is 16.1. The molecule has 0 saturated carbocycles. The summed E-state index contributed by atoms with van der Waals surface area (Å²) in [6.07, 6.45) is 1.92. The van der Waals surface area contributed by atoms with Crippen LogP contribution >= 0.6 is 15.9 Å². The predicted molar refractivity (Wildman–Crippen MR) is 100 cm³/mol. The third-order valence-corrected chi connectivity index (χ3v) is 4.94. The van der Waals surface area contributed by atoms with Gasteiger partial charge in [0.15, 0.2) is 0 Å². The maximum Gasteiger partial charge on any atom is 0.415 e. The Labute approximate surface area is 157 Å². The number of alkyl carbamates (subject to hydrolysis) is 1. The largest absolute Gasteiger partial charge is 0.496 e. The van der Waals surface area contributed by atoms with Gasteiger partial charge in [-0.15, -0.1) is 0 Å². The minimum Gasteiger partial charge on any atom is -0.496 e. The molecule has 1 N–H and O–H groups in total. The van der Waals surface area contributed by atoms with Crippen molar-refractivity contribution in [3.05, 3.63) is 27.7 Å². The molecule has 1 spiro atoms. The third-order valence-electron chi connectivity index (χ3n) is 4.20. The lowest BCUT2D eigenvalue weighted by atomic mass is 9.78. The summed E-state index contributed by atoms with van der Waals surface area (Å²) in [6.45, 7) is 6.51. The molecule has 1 heterocycles. The van der Waals surface area contributed by atoms with Gasteiger partial charge < -0.3 is 14.2 Å². The second kappa shape index (κ2) is 8.56. The van der Waals surface area contributed by atoms with Crippen molar-refractivity contribution in [1.29, 1.82) is 0 Å². The Morgan fingerprint density at radius 2 is 2.16 bits per heavy atom. The van der Waals surface area contributed by atoms with E-state index in [1.807, 2.05) is 26.0 Å². The number of rotatable bonds is 2. The summed E-state index contributed by atoms with van der Waals surface area (Å²) in [6, 6.07) is 4.21. The number of hydrogen-bond donors (Lipinski definition) is 1. The number of carbonyl (C=O) groups excluding carboxylic acids is 1. The summed E-state index contributed by atoms with van der Waals surface area (Å²) in [5.41, 5.74) is 2.06. The predicted octanol–water partition coefficient (Wildman–Crippen LogP) is 3.84. The molecule has 0 aromatic heterocycles. The van der Waals surface area contributed by atoms with Crippen molar-refractivity contribution in [2.75, 3.05) is 20.3 Å². The number of amides is 1. The minimum atomic E-state index is -0.542. The first kappa shape index (κ1) is 19.6. The highest BCUT2D eigenvalue weighted by molar-refractivity contribution is 9.10. The minimum absolute atomic E-state index is 0.237. The molecule has 6 nitrogen and oxygen atoms in total. The van der Waals surface area contributed by atoms with Crippen molar-refractivity contribution in [2.24, 2.45) is 4.99 Å². The van der Waals surface area contributed by atoms with Gasteiger partial charge in [0.05, 0.1) is 13.7 Å². The standard InChI is InChI=1S/C16H19BrN2O4.C2H6/c1-3-22-15(20)18-14-19-16(9-23-14)7-6-10-11(8-16)13(21-2)5-4-12(10)17;1-2/h4-5H,3,6-9H2,1-2H3,(H,18,19,20);1-2H3. The molecule has 1 amide bonds. The number of aliphatic imine (C=N–C) groups is 1. The van der Waals surface area contributed by atoms with Gasteiger partial charge >= 0.3 is 6.09 Å². The topological polar surface area (TPSA) is 69.2 Å². The van der Waals surface area contributed by atoms with Crippen LogP contribution in [0.15, 0.2) is 21.6 Å². The van der Waals surface area contributed by atoms with Crippen LogP contribution in [0.2, 0.25) is 0 Å². The first-order valence-corrected chi connectivity index (χ1v) is 9.37. The molecule has 0 radical (unpaired) electrons. The second-order valence-corrected chi connectivity index (χ2v) is 6.51. The molecule has 7 heteroatoms. The van der Waals surface area contributed by atoms with Crippen LogP contribution in [0.25, 0.3) is 0 Å². The maximum absolute atomic E-state index is 11.5. The Kier molecular flexibility index (Phi) is 6.70. The van der Waals surface area contributed by atoms with Gasteiger partial charge in [-0.05, 0) is 37.5 Å². The number of methoxy groups -OCH3 is 1. The fraction of sp³-hybridized carbons (Fsp3) is 0.556. The van der Waals surface area contributed by atoms with Crippen LogP contribution < -0.4 is 10.1 Å². The molecule has 1 aliphatic carbocycles. The molecule has 1 aromatic carbocycles. The van der Waals surface area contributed by atoms with Crippen LogP contribution in [0, 0.1) is 0 Å². The van der Waals surface area contributed by atoms with Gasteiger partial charge in [0.25, 0.3) is 6.02 Å². The number of nitrogens with zero attached hydrogens (tertiary/aromatic N) is 1. The average Bonchev–Trinajstić information content (AvgIpc) is 2.99. The fourth-order valence-electron chi connectivity index (χ4n) is 3.09. The summed E-state index contributed by atoms with van der Waals surface area (Å²) in [7, 11) is 1.67. The van der Waals surface area contributed by atoms with E-state index in [2.05, 4.69) is 26.2 Å². The number of nitrogens with one attached hydrogen (secondary N) is 1. The van der Waals surface area contributed by atoms with E-state index in [1.165, 1.54) is 5.56 Å². The van der Waals surface area contributed by atoms with E-state index in [0.717, 1.165) is 35.0 Å². The smallest absolute Gasteiger partial charge is 0.415 e. The first-order chi connectivity index (χ1) is 12.1.